The molecule has 0 amide bonds. The number of aliphatic carboxylic acids is 2. The molecule has 2 bridgehead atoms. The Hall–Kier alpha value is -1.66. The minimum absolute atomic E-state index is 0.427. The van der Waals surface area contributed by atoms with Crippen molar-refractivity contribution in [1.29, 1.82) is 0 Å². The first-order valence-corrected chi connectivity index (χ1v) is 7.35. The fourth-order valence-electron chi connectivity index (χ4n) is 4.02. The predicted octanol–water partition coefficient (Wildman–Crippen LogP) is 1.58. The zero-order chi connectivity index (χ0) is 17.0. The number of aliphatic hydroxyl groups is 2. The highest BCUT2D eigenvalue weighted by Gasteiger charge is 2.67. The number of rotatable bonds is 2. The molecule has 3 fully saturated rings. The molecular weight excluding hydrogens is 288 g/mol. The Balaban J connectivity index is 0.000000206. The highest BCUT2D eigenvalue weighted by Crippen LogP contribution is 2.63. The first-order valence-electron chi connectivity index (χ1n) is 7.35. The van der Waals surface area contributed by atoms with E-state index in [1.807, 2.05) is 0 Å². The number of carboxylic acid groups (broad SMARTS) is 2. The molecule has 0 aromatic rings. The van der Waals surface area contributed by atoms with Crippen LogP contribution in [0, 0.1) is 11.8 Å². The molecule has 0 aliphatic heterocycles. The van der Waals surface area contributed by atoms with Crippen molar-refractivity contribution in [3.05, 3.63) is 25.3 Å². The third-order valence-corrected chi connectivity index (χ3v) is 4.94. The van der Waals surface area contributed by atoms with Crippen LogP contribution in [0.1, 0.15) is 38.5 Å². The van der Waals surface area contributed by atoms with Crippen molar-refractivity contribution in [2.24, 2.45) is 11.8 Å². The van der Waals surface area contributed by atoms with Crippen molar-refractivity contribution in [2.75, 3.05) is 0 Å². The van der Waals surface area contributed by atoms with E-state index >= 15 is 0 Å². The Bertz CT molecular complexity index is 442. The predicted molar refractivity (Wildman–Crippen MR) is 80.2 cm³/mol. The second-order valence-electron chi connectivity index (χ2n) is 6.04. The van der Waals surface area contributed by atoms with Gasteiger partial charge < -0.3 is 20.4 Å². The third-order valence-electron chi connectivity index (χ3n) is 4.94. The van der Waals surface area contributed by atoms with E-state index in [0.29, 0.717) is 11.8 Å². The third kappa shape index (κ3) is 3.56. The molecular formula is C16H24O6. The van der Waals surface area contributed by atoms with E-state index < -0.39 is 23.1 Å². The SMILES string of the molecule is C=CC(=O)O.C=CC(=O)O.OC12CCC(C1)C1CCCC12O. The van der Waals surface area contributed by atoms with Crippen LogP contribution in [0.3, 0.4) is 0 Å². The fraction of sp³-hybridized carbons (Fsp3) is 0.625. The summed E-state index contributed by atoms with van der Waals surface area (Å²) in [5.74, 6) is -0.909. The quantitative estimate of drug-likeness (QED) is 0.575. The lowest BCUT2D eigenvalue weighted by molar-refractivity contribution is -0.150. The van der Waals surface area contributed by atoms with Crippen LogP contribution in [-0.4, -0.2) is 43.6 Å². The summed E-state index contributed by atoms with van der Waals surface area (Å²) in [6.45, 7) is 5.92. The largest absolute Gasteiger partial charge is 0.478 e. The first-order chi connectivity index (χ1) is 10.2. The highest BCUT2D eigenvalue weighted by atomic mass is 16.4. The van der Waals surface area contributed by atoms with Gasteiger partial charge in [0.2, 0.25) is 0 Å². The number of hydrogen-bond donors (Lipinski definition) is 4. The van der Waals surface area contributed by atoms with Crippen LogP contribution in [0.5, 0.6) is 0 Å². The van der Waals surface area contributed by atoms with Crippen LogP contribution in [0.2, 0.25) is 0 Å². The molecule has 4 atom stereocenters. The Morgan fingerprint density at radius 3 is 1.91 bits per heavy atom. The maximum Gasteiger partial charge on any atom is 0.327 e. The summed E-state index contributed by atoms with van der Waals surface area (Å²) in [7, 11) is 0. The minimum atomic E-state index is -0.981. The summed E-state index contributed by atoms with van der Waals surface area (Å²) in [5.41, 5.74) is -1.38. The van der Waals surface area contributed by atoms with Crippen molar-refractivity contribution in [1.82, 2.24) is 0 Å². The van der Waals surface area contributed by atoms with Crippen LogP contribution in [0.25, 0.3) is 0 Å². The summed E-state index contributed by atoms with van der Waals surface area (Å²) in [5, 5.41) is 35.8. The summed E-state index contributed by atoms with van der Waals surface area (Å²) < 4.78 is 0. The summed E-state index contributed by atoms with van der Waals surface area (Å²) >= 11 is 0. The zero-order valence-electron chi connectivity index (χ0n) is 12.6. The molecule has 0 spiro atoms. The van der Waals surface area contributed by atoms with E-state index in [4.69, 9.17) is 10.2 Å². The molecule has 124 valence electrons. The Kier molecular flexibility index (Phi) is 5.91. The average Bonchev–Trinajstić information content (AvgIpc) is 3.10. The molecule has 0 aromatic heterocycles. The number of hydrogen-bond acceptors (Lipinski definition) is 4. The molecule has 0 saturated heterocycles. The van der Waals surface area contributed by atoms with Gasteiger partial charge in [0, 0.05) is 12.2 Å². The van der Waals surface area contributed by atoms with Crippen LogP contribution >= 0.6 is 0 Å². The van der Waals surface area contributed by atoms with E-state index in [0.717, 1.165) is 50.7 Å². The van der Waals surface area contributed by atoms with E-state index in [9.17, 15) is 19.8 Å². The highest BCUT2D eigenvalue weighted by molar-refractivity contribution is 5.79. The van der Waals surface area contributed by atoms with Gasteiger partial charge in [0.05, 0.1) is 11.2 Å². The summed E-state index contributed by atoms with van der Waals surface area (Å²) in [6.07, 6.45) is 7.61. The molecule has 4 unspecified atom stereocenters. The van der Waals surface area contributed by atoms with E-state index in [-0.39, 0.29) is 0 Å². The topological polar surface area (TPSA) is 115 Å². The molecule has 4 N–H and O–H groups in total. The average molecular weight is 312 g/mol. The molecule has 3 aliphatic rings. The maximum absolute atomic E-state index is 10.3. The molecule has 0 aromatic carbocycles. The van der Waals surface area contributed by atoms with Crippen LogP contribution < -0.4 is 0 Å². The Morgan fingerprint density at radius 2 is 1.50 bits per heavy atom. The fourth-order valence-corrected chi connectivity index (χ4v) is 4.02. The van der Waals surface area contributed by atoms with Crippen molar-refractivity contribution in [2.45, 2.75) is 49.7 Å². The minimum Gasteiger partial charge on any atom is -0.478 e. The monoisotopic (exact) mass is 312 g/mol. The van der Waals surface area contributed by atoms with Gasteiger partial charge in [0.25, 0.3) is 0 Å². The van der Waals surface area contributed by atoms with E-state index in [1.165, 1.54) is 0 Å². The van der Waals surface area contributed by atoms with Gasteiger partial charge >= 0.3 is 11.9 Å². The van der Waals surface area contributed by atoms with E-state index in [1.54, 1.807) is 0 Å². The first kappa shape index (κ1) is 18.4. The standard InChI is InChI=1S/C10H16O2.2C3H4O2/c11-9-5-3-7(6-9)8-2-1-4-10(8,9)12;2*1-2-3(4)5/h7-8,11-12H,1-6H2;2*2H,1H2,(H,4,5). The summed E-state index contributed by atoms with van der Waals surface area (Å²) in [4.78, 5) is 18.5. The molecule has 3 aliphatic carbocycles. The van der Waals surface area contributed by atoms with Gasteiger partial charge in [-0.15, -0.1) is 0 Å². The number of carboxylic acids is 2. The molecule has 3 saturated carbocycles. The van der Waals surface area contributed by atoms with Crippen molar-refractivity contribution >= 4 is 11.9 Å². The normalized spacial score (nSPS) is 37.0. The molecule has 0 radical (unpaired) electrons. The Morgan fingerprint density at radius 1 is 1.00 bits per heavy atom. The van der Waals surface area contributed by atoms with Crippen molar-refractivity contribution in [3.63, 3.8) is 0 Å². The number of carbonyl (C=O) groups is 2. The van der Waals surface area contributed by atoms with Gasteiger partial charge in [-0.05, 0) is 43.9 Å². The van der Waals surface area contributed by atoms with Gasteiger partial charge in [-0.25, -0.2) is 9.59 Å². The van der Waals surface area contributed by atoms with Crippen LogP contribution in [-0.2, 0) is 9.59 Å². The smallest absolute Gasteiger partial charge is 0.327 e. The van der Waals surface area contributed by atoms with Gasteiger partial charge in [0.1, 0.15) is 0 Å². The van der Waals surface area contributed by atoms with E-state index in [2.05, 4.69) is 13.2 Å². The van der Waals surface area contributed by atoms with Gasteiger partial charge in [0.15, 0.2) is 0 Å². The summed E-state index contributed by atoms with van der Waals surface area (Å²) in [6, 6.07) is 0. The number of fused-ring (bicyclic) bond motifs is 5. The molecule has 0 heterocycles. The van der Waals surface area contributed by atoms with Crippen molar-refractivity contribution < 1.29 is 30.0 Å². The molecule has 6 heteroatoms. The van der Waals surface area contributed by atoms with Gasteiger partial charge in [-0.2, -0.15) is 0 Å². The molecule has 22 heavy (non-hydrogen) atoms. The molecule has 6 nitrogen and oxygen atoms in total. The second-order valence-corrected chi connectivity index (χ2v) is 6.04. The second kappa shape index (κ2) is 7.07. The lowest BCUT2D eigenvalue weighted by atomic mass is 9.75. The van der Waals surface area contributed by atoms with Gasteiger partial charge in [-0.3, -0.25) is 0 Å². The maximum atomic E-state index is 10.3. The van der Waals surface area contributed by atoms with Crippen LogP contribution in [0.15, 0.2) is 25.3 Å². The van der Waals surface area contributed by atoms with Crippen molar-refractivity contribution in [3.8, 4) is 0 Å². The lowest BCUT2D eigenvalue weighted by Crippen LogP contribution is -2.52. The Labute approximate surface area is 129 Å². The molecule has 3 rings (SSSR count). The van der Waals surface area contributed by atoms with Gasteiger partial charge in [-0.1, -0.05) is 19.6 Å². The lowest BCUT2D eigenvalue weighted by Gasteiger charge is -2.40. The zero-order valence-corrected chi connectivity index (χ0v) is 12.6. The van der Waals surface area contributed by atoms with Crippen LogP contribution in [0.4, 0.5) is 0 Å².